The summed E-state index contributed by atoms with van der Waals surface area (Å²) in [5.41, 5.74) is -0.143. The summed E-state index contributed by atoms with van der Waals surface area (Å²) in [6.45, 7) is -0.350. The molecule has 10 heteroatoms. The molecule has 1 spiro atoms. The van der Waals surface area contributed by atoms with Gasteiger partial charge < -0.3 is 15.3 Å². The number of nitrogens with zero attached hydrogens (tertiary/aromatic N) is 1. The number of piperidine rings is 1. The van der Waals surface area contributed by atoms with E-state index in [1.165, 1.54) is 17.0 Å². The van der Waals surface area contributed by atoms with Crippen molar-refractivity contribution in [1.82, 2.24) is 10.2 Å². The van der Waals surface area contributed by atoms with E-state index < -0.39 is 51.3 Å². The van der Waals surface area contributed by atoms with Crippen LogP contribution < -0.4 is 5.32 Å². The zero-order valence-corrected chi connectivity index (χ0v) is 18.1. The minimum atomic E-state index is -3.35. The second-order valence-electron chi connectivity index (χ2n) is 8.36. The van der Waals surface area contributed by atoms with Crippen molar-refractivity contribution in [2.24, 2.45) is 11.3 Å². The minimum Gasteiger partial charge on any atom is -0.480 e. The third kappa shape index (κ3) is 4.95. The van der Waals surface area contributed by atoms with Gasteiger partial charge in [-0.2, -0.15) is 0 Å². The summed E-state index contributed by atoms with van der Waals surface area (Å²) in [6.07, 6.45) is 4.87. The fourth-order valence-electron chi connectivity index (χ4n) is 4.45. The largest absolute Gasteiger partial charge is 0.480 e. The summed E-state index contributed by atoms with van der Waals surface area (Å²) in [6, 6.07) is 6.12. The molecule has 1 aliphatic heterocycles. The number of ketones is 1. The Bertz CT molecular complexity index is 995. The van der Waals surface area contributed by atoms with Gasteiger partial charge in [-0.25, -0.2) is 8.42 Å². The molecular formula is C21H26N2O7S. The number of rotatable bonds is 6. The second-order valence-corrected chi connectivity index (χ2v) is 10.4. The lowest BCUT2D eigenvalue weighted by molar-refractivity contribution is -0.161. The van der Waals surface area contributed by atoms with Crippen molar-refractivity contribution in [3.05, 3.63) is 29.8 Å². The molecule has 0 radical (unpaired) electrons. The number of likely N-dealkylation sites (tertiary alicyclic amines) is 1. The Hall–Kier alpha value is -2.75. The van der Waals surface area contributed by atoms with Gasteiger partial charge in [0.05, 0.1) is 4.90 Å². The molecule has 1 saturated carbocycles. The zero-order valence-electron chi connectivity index (χ0n) is 17.3. The second kappa shape index (κ2) is 8.78. The van der Waals surface area contributed by atoms with Crippen molar-refractivity contribution >= 4 is 33.4 Å². The number of hydrogen-bond donors (Lipinski definition) is 2. The molecule has 168 valence electrons. The lowest BCUT2D eigenvalue weighted by Gasteiger charge is -2.46. The molecule has 1 aromatic rings. The Labute approximate surface area is 180 Å². The van der Waals surface area contributed by atoms with Crippen LogP contribution in [0.4, 0.5) is 0 Å². The maximum absolute atomic E-state index is 13.2. The topological polar surface area (TPSA) is 138 Å². The molecule has 31 heavy (non-hydrogen) atoms. The Morgan fingerprint density at radius 1 is 1.13 bits per heavy atom. The lowest BCUT2D eigenvalue weighted by atomic mass is 9.65. The van der Waals surface area contributed by atoms with Crippen LogP contribution in [0.5, 0.6) is 0 Å². The number of hydrogen-bond acceptors (Lipinski definition) is 6. The molecule has 2 amide bonds. The first-order valence-corrected chi connectivity index (χ1v) is 12.0. The number of amides is 2. The van der Waals surface area contributed by atoms with Crippen LogP contribution in [0.2, 0.25) is 0 Å². The highest BCUT2D eigenvalue weighted by Crippen LogP contribution is 2.43. The van der Waals surface area contributed by atoms with Crippen LogP contribution in [-0.4, -0.2) is 61.3 Å². The van der Waals surface area contributed by atoms with Gasteiger partial charge in [-0.05, 0) is 30.5 Å². The summed E-state index contributed by atoms with van der Waals surface area (Å²) in [5.74, 6) is -4.81. The number of aliphatic carboxylic acids is 1. The normalized spacial score (nSPS) is 21.2. The van der Waals surface area contributed by atoms with E-state index in [1.807, 2.05) is 0 Å². The Balaban J connectivity index is 1.88. The third-order valence-corrected chi connectivity index (χ3v) is 7.18. The van der Waals surface area contributed by atoms with Crippen molar-refractivity contribution in [3.8, 4) is 0 Å². The molecule has 1 aliphatic carbocycles. The van der Waals surface area contributed by atoms with Gasteiger partial charge in [-0.1, -0.05) is 31.4 Å². The Kier molecular flexibility index (Phi) is 6.49. The predicted octanol–water partition coefficient (Wildman–Crippen LogP) is 0.769. The highest BCUT2D eigenvalue weighted by atomic mass is 32.2. The molecule has 1 atom stereocenters. The van der Waals surface area contributed by atoms with Crippen molar-refractivity contribution < 1.29 is 32.7 Å². The quantitative estimate of drug-likeness (QED) is 0.611. The maximum atomic E-state index is 13.2. The zero-order chi connectivity index (χ0) is 22.8. The third-order valence-electron chi connectivity index (χ3n) is 6.05. The van der Waals surface area contributed by atoms with Crippen molar-refractivity contribution in [2.75, 3.05) is 19.3 Å². The van der Waals surface area contributed by atoms with E-state index in [-0.39, 0.29) is 18.0 Å². The lowest BCUT2D eigenvalue weighted by Crippen LogP contribution is -2.61. The van der Waals surface area contributed by atoms with Gasteiger partial charge in [-0.15, -0.1) is 0 Å². The number of nitrogens with one attached hydrogen (secondary N) is 1. The fourth-order valence-corrected chi connectivity index (χ4v) is 5.08. The van der Waals surface area contributed by atoms with Gasteiger partial charge in [-0.3, -0.25) is 19.2 Å². The summed E-state index contributed by atoms with van der Waals surface area (Å²) < 4.78 is 23.3. The molecule has 1 heterocycles. The maximum Gasteiger partial charge on any atom is 0.322 e. The standard InChI is InChI=1S/C21H26N2O7S/c1-31(29,30)15-7-5-14(6-8-15)12-23-13-21(9-3-2-4-10-21)18(26)17(20(23)28)19(27)22-11-16(24)25/h5-8,17H,2-4,9-13H2,1H3,(H,22,27)(H,24,25). The van der Waals surface area contributed by atoms with Gasteiger partial charge >= 0.3 is 5.97 Å². The first-order chi connectivity index (χ1) is 14.5. The molecule has 9 nitrogen and oxygen atoms in total. The molecule has 1 aromatic carbocycles. The van der Waals surface area contributed by atoms with Crippen molar-refractivity contribution in [1.29, 1.82) is 0 Å². The van der Waals surface area contributed by atoms with Crippen molar-refractivity contribution in [3.63, 3.8) is 0 Å². The molecule has 2 N–H and O–H groups in total. The summed E-state index contributed by atoms with van der Waals surface area (Å²) >= 11 is 0. The van der Waals surface area contributed by atoms with Crippen LogP contribution in [0, 0.1) is 11.3 Å². The molecule has 1 unspecified atom stereocenters. The van der Waals surface area contributed by atoms with E-state index in [0.29, 0.717) is 18.4 Å². The van der Waals surface area contributed by atoms with Crippen LogP contribution in [0.15, 0.2) is 29.2 Å². The molecule has 2 fully saturated rings. The highest BCUT2D eigenvalue weighted by molar-refractivity contribution is 7.90. The summed E-state index contributed by atoms with van der Waals surface area (Å²) in [7, 11) is -3.35. The Morgan fingerprint density at radius 2 is 1.74 bits per heavy atom. The van der Waals surface area contributed by atoms with Crippen molar-refractivity contribution in [2.45, 2.75) is 43.5 Å². The molecule has 1 saturated heterocycles. The van der Waals surface area contributed by atoms with E-state index in [2.05, 4.69) is 5.32 Å². The summed E-state index contributed by atoms with van der Waals surface area (Å²) in [4.78, 5) is 51.3. The van der Waals surface area contributed by atoms with Gasteiger partial charge in [0.2, 0.25) is 11.8 Å². The fraction of sp³-hybridized carbons (Fsp3) is 0.524. The SMILES string of the molecule is CS(=O)(=O)c1ccc(CN2CC3(CCCCC3)C(=O)C(C(=O)NCC(=O)O)C2=O)cc1. The van der Waals surface area contributed by atoms with Crippen LogP contribution in [0.3, 0.4) is 0 Å². The molecule has 2 aliphatic rings. The minimum absolute atomic E-state index is 0.126. The van der Waals surface area contributed by atoms with E-state index in [0.717, 1.165) is 25.5 Å². The predicted molar refractivity (Wildman–Crippen MR) is 110 cm³/mol. The molecule has 0 aromatic heterocycles. The number of carboxylic acids is 1. The van der Waals surface area contributed by atoms with Crippen LogP contribution in [0.25, 0.3) is 0 Å². The number of carboxylic acid groups (broad SMARTS) is 1. The number of carbonyl (C=O) groups excluding carboxylic acids is 3. The smallest absolute Gasteiger partial charge is 0.322 e. The Morgan fingerprint density at radius 3 is 2.29 bits per heavy atom. The first-order valence-electron chi connectivity index (χ1n) is 10.2. The number of Topliss-reactive ketones (excluding diaryl/α,β-unsaturated/α-hetero) is 1. The molecular weight excluding hydrogens is 424 g/mol. The van der Waals surface area contributed by atoms with Crippen LogP contribution >= 0.6 is 0 Å². The van der Waals surface area contributed by atoms with E-state index in [9.17, 15) is 27.6 Å². The highest BCUT2D eigenvalue weighted by Gasteiger charge is 2.54. The van der Waals surface area contributed by atoms with E-state index in [4.69, 9.17) is 5.11 Å². The van der Waals surface area contributed by atoms with Gasteiger partial charge in [0, 0.05) is 24.8 Å². The average molecular weight is 451 g/mol. The number of carbonyl (C=O) groups is 4. The van der Waals surface area contributed by atoms with Crippen LogP contribution in [-0.2, 0) is 35.6 Å². The van der Waals surface area contributed by atoms with E-state index in [1.54, 1.807) is 12.1 Å². The molecule has 0 bridgehead atoms. The van der Waals surface area contributed by atoms with Gasteiger partial charge in [0.15, 0.2) is 21.5 Å². The van der Waals surface area contributed by atoms with Crippen LogP contribution in [0.1, 0.15) is 37.7 Å². The first kappa shape index (κ1) is 22.9. The van der Waals surface area contributed by atoms with E-state index >= 15 is 0 Å². The van der Waals surface area contributed by atoms with Gasteiger partial charge in [0.25, 0.3) is 0 Å². The molecule has 3 rings (SSSR count). The summed E-state index contributed by atoms with van der Waals surface area (Å²) in [5, 5.41) is 11.0. The monoisotopic (exact) mass is 450 g/mol. The average Bonchev–Trinajstić information content (AvgIpc) is 2.71. The number of benzene rings is 1. The number of sulfone groups is 1. The van der Waals surface area contributed by atoms with Gasteiger partial charge in [0.1, 0.15) is 6.54 Å².